The van der Waals surface area contributed by atoms with Crippen molar-refractivity contribution in [2.24, 2.45) is 0 Å². The van der Waals surface area contributed by atoms with E-state index in [-0.39, 0.29) is 40.9 Å². The highest BCUT2D eigenvalue weighted by molar-refractivity contribution is 9.10. The number of nitrogens with zero attached hydrogens (tertiary/aromatic N) is 1. The van der Waals surface area contributed by atoms with Crippen molar-refractivity contribution in [3.8, 4) is 6.07 Å². The first-order valence-electron chi connectivity index (χ1n) is 8.85. The van der Waals surface area contributed by atoms with Gasteiger partial charge in [0.05, 0.1) is 17.3 Å². The van der Waals surface area contributed by atoms with Gasteiger partial charge in [-0.1, -0.05) is 6.92 Å². The van der Waals surface area contributed by atoms with E-state index in [2.05, 4.69) is 21.2 Å². The zero-order valence-electron chi connectivity index (χ0n) is 16.3. The highest BCUT2D eigenvalue weighted by atomic mass is 79.9. The van der Waals surface area contributed by atoms with Crippen molar-refractivity contribution < 1.29 is 44.3 Å². The summed E-state index contributed by atoms with van der Waals surface area (Å²) in [5.74, 6) is -7.64. The predicted molar refractivity (Wildman–Crippen MR) is 102 cm³/mol. The average Bonchev–Trinajstić information content (AvgIpc) is 2.72. The third-order valence-electron chi connectivity index (χ3n) is 4.64. The maximum Gasteiger partial charge on any atom is 0.457 e. The van der Waals surface area contributed by atoms with Crippen molar-refractivity contribution in [2.45, 2.75) is 37.3 Å². The molecule has 0 heterocycles. The Labute approximate surface area is 189 Å². The Morgan fingerprint density at radius 1 is 0.970 bits per heavy atom. The number of benzene rings is 2. The van der Waals surface area contributed by atoms with Crippen molar-refractivity contribution in [1.29, 1.82) is 5.26 Å². The van der Waals surface area contributed by atoms with E-state index in [1.807, 2.05) is 6.07 Å². The molecule has 2 aromatic rings. The second-order valence-corrected chi connectivity index (χ2v) is 7.57. The lowest BCUT2D eigenvalue weighted by Crippen LogP contribution is -2.59. The molecule has 0 spiro atoms. The van der Waals surface area contributed by atoms with Crippen molar-refractivity contribution in [1.82, 2.24) is 0 Å². The van der Waals surface area contributed by atoms with E-state index < -0.39 is 39.9 Å². The van der Waals surface area contributed by atoms with Gasteiger partial charge in [0.15, 0.2) is 0 Å². The van der Waals surface area contributed by atoms with Crippen LogP contribution in [0.1, 0.15) is 34.0 Å². The van der Waals surface area contributed by atoms with Crippen molar-refractivity contribution in [2.75, 3.05) is 5.32 Å². The minimum Gasteiger partial charge on any atom is -0.321 e. The zero-order valence-corrected chi connectivity index (χ0v) is 17.9. The van der Waals surface area contributed by atoms with Gasteiger partial charge >= 0.3 is 23.9 Å². The highest BCUT2D eigenvalue weighted by Crippen LogP contribution is 2.58. The number of hydrogen-bond donors (Lipinski definition) is 1. The van der Waals surface area contributed by atoms with Gasteiger partial charge in [0, 0.05) is 15.6 Å². The van der Waals surface area contributed by atoms with E-state index in [9.17, 15) is 44.3 Å². The number of anilines is 1. The monoisotopic (exact) mass is 546 g/mol. The summed E-state index contributed by atoms with van der Waals surface area (Å²) in [6.45, 7) is 1.30. The Morgan fingerprint density at radius 3 is 1.94 bits per heavy atom. The number of amides is 1. The second-order valence-electron chi connectivity index (χ2n) is 6.72. The minimum atomic E-state index is -6.85. The van der Waals surface area contributed by atoms with Crippen molar-refractivity contribution >= 4 is 27.5 Å². The number of halogens is 10. The van der Waals surface area contributed by atoms with Gasteiger partial charge in [0.1, 0.15) is 0 Å². The third kappa shape index (κ3) is 4.66. The molecule has 0 aliphatic carbocycles. The summed E-state index contributed by atoms with van der Waals surface area (Å²) >= 11 is 2.72. The van der Waals surface area contributed by atoms with Crippen LogP contribution < -0.4 is 5.32 Å². The van der Waals surface area contributed by atoms with Gasteiger partial charge in [0.25, 0.3) is 5.91 Å². The molecule has 1 unspecified atom stereocenters. The summed E-state index contributed by atoms with van der Waals surface area (Å²) in [6, 6.07) is 7.23. The first-order chi connectivity index (χ1) is 15.0. The maximum atomic E-state index is 14.8. The molecule has 178 valence electrons. The number of carbonyl (C=O) groups is 1. The van der Waals surface area contributed by atoms with Crippen LogP contribution >= 0.6 is 15.9 Å². The number of nitrogens with one attached hydrogen (secondary N) is 1. The number of nitriles is 1. The first-order valence-corrected chi connectivity index (χ1v) is 9.65. The molecule has 3 nitrogen and oxygen atoms in total. The topological polar surface area (TPSA) is 52.9 Å². The lowest BCUT2D eigenvalue weighted by Gasteiger charge is -2.36. The van der Waals surface area contributed by atoms with Gasteiger partial charge in [-0.15, -0.1) is 0 Å². The van der Waals surface area contributed by atoms with Crippen LogP contribution in [0.4, 0.5) is 45.2 Å². The molecule has 1 amide bonds. The quantitative estimate of drug-likeness (QED) is 0.408. The van der Waals surface area contributed by atoms with Crippen LogP contribution in [-0.4, -0.2) is 24.2 Å². The number of alkyl halides is 9. The average molecular weight is 547 g/mol. The van der Waals surface area contributed by atoms with Crippen molar-refractivity contribution in [3.05, 3.63) is 63.1 Å². The van der Waals surface area contributed by atoms with Gasteiger partial charge in [-0.25, -0.2) is 4.39 Å². The van der Waals surface area contributed by atoms with Crippen LogP contribution in [0, 0.1) is 11.3 Å². The van der Waals surface area contributed by atoms with E-state index >= 15 is 0 Å². The standard InChI is InChI=1S/C20H12BrF9N2O/c1-2-11-7-13(17(22,19(25,26)27)18(23,24)20(28,29)30)8-14(21)15(11)32-16(33)12-5-3-10(9-31)4-6-12/h3-8H,2H2,1H3,(H,32,33). The second kappa shape index (κ2) is 8.89. The summed E-state index contributed by atoms with van der Waals surface area (Å²) in [5, 5.41) is 11.1. The van der Waals surface area contributed by atoms with Gasteiger partial charge in [-0.05, 0) is 64.3 Å². The number of hydrogen-bond acceptors (Lipinski definition) is 2. The molecule has 2 rings (SSSR count). The van der Waals surface area contributed by atoms with E-state index in [0.29, 0.717) is 0 Å². The van der Waals surface area contributed by atoms with Crippen LogP contribution in [0.25, 0.3) is 0 Å². The summed E-state index contributed by atoms with van der Waals surface area (Å²) in [6.07, 6.45) is -13.7. The SMILES string of the molecule is CCc1cc(C(F)(C(F)(F)F)C(F)(F)C(F)(F)F)cc(Br)c1NC(=O)c1ccc(C#N)cc1. The smallest absolute Gasteiger partial charge is 0.321 e. The van der Waals surface area contributed by atoms with Crippen LogP contribution in [0.15, 0.2) is 40.9 Å². The lowest BCUT2D eigenvalue weighted by atomic mass is 9.86. The van der Waals surface area contributed by atoms with Crippen molar-refractivity contribution in [3.63, 3.8) is 0 Å². The van der Waals surface area contributed by atoms with Crippen LogP contribution in [0.2, 0.25) is 0 Å². The predicted octanol–water partition coefficient (Wildman–Crippen LogP) is 7.06. The molecule has 0 aliphatic rings. The Bertz CT molecular complexity index is 1090. The van der Waals surface area contributed by atoms with Gasteiger partial charge in [-0.3, -0.25) is 4.79 Å². The Hall–Kier alpha value is -2.75. The fourth-order valence-corrected chi connectivity index (χ4v) is 3.48. The molecule has 0 bridgehead atoms. The molecule has 0 fully saturated rings. The summed E-state index contributed by atoms with van der Waals surface area (Å²) in [5.41, 5.74) is -8.45. The van der Waals surface area contributed by atoms with E-state index in [0.717, 1.165) is 0 Å². The van der Waals surface area contributed by atoms with E-state index in [4.69, 9.17) is 5.26 Å². The van der Waals surface area contributed by atoms with Crippen LogP contribution in [-0.2, 0) is 12.1 Å². The largest absolute Gasteiger partial charge is 0.457 e. The van der Waals surface area contributed by atoms with E-state index in [1.165, 1.54) is 31.2 Å². The zero-order chi connectivity index (χ0) is 25.4. The molecule has 0 radical (unpaired) electrons. The lowest BCUT2D eigenvalue weighted by molar-refractivity contribution is -0.389. The first kappa shape index (κ1) is 26.5. The highest BCUT2D eigenvalue weighted by Gasteiger charge is 2.81. The Balaban J connectivity index is 2.61. The van der Waals surface area contributed by atoms with Gasteiger partial charge in [0.2, 0.25) is 0 Å². The number of rotatable bonds is 5. The van der Waals surface area contributed by atoms with Crippen LogP contribution in [0.3, 0.4) is 0 Å². The molecule has 33 heavy (non-hydrogen) atoms. The van der Waals surface area contributed by atoms with E-state index in [1.54, 1.807) is 0 Å². The van der Waals surface area contributed by atoms with Gasteiger partial charge < -0.3 is 5.32 Å². The number of aryl methyl sites for hydroxylation is 1. The maximum absolute atomic E-state index is 14.8. The molecule has 1 atom stereocenters. The normalized spacial score (nSPS) is 14.4. The molecule has 0 saturated heterocycles. The third-order valence-corrected chi connectivity index (χ3v) is 5.27. The van der Waals surface area contributed by atoms with Crippen LogP contribution in [0.5, 0.6) is 0 Å². The summed E-state index contributed by atoms with van der Waals surface area (Å²) in [7, 11) is 0. The molecule has 1 N–H and O–H groups in total. The summed E-state index contributed by atoms with van der Waals surface area (Å²) in [4.78, 5) is 12.4. The van der Waals surface area contributed by atoms with Gasteiger partial charge in [-0.2, -0.15) is 40.4 Å². The molecular formula is C20H12BrF9N2O. The Morgan fingerprint density at radius 2 is 1.52 bits per heavy atom. The molecule has 13 heteroatoms. The molecule has 0 saturated carbocycles. The minimum absolute atomic E-state index is 0.00534. The summed E-state index contributed by atoms with van der Waals surface area (Å²) < 4.78 is 120. The molecule has 0 aliphatic heterocycles. The Kier molecular flexibility index (Phi) is 7.14. The molecule has 0 aromatic heterocycles. The fourth-order valence-electron chi connectivity index (χ4n) is 2.88. The molecule has 2 aromatic carbocycles. The molecular weight excluding hydrogens is 535 g/mol. The number of carbonyl (C=O) groups excluding carboxylic acids is 1. The fraction of sp³-hybridized carbons (Fsp3) is 0.300.